The number of nitrogen functional groups attached to an aromatic ring is 1. The predicted octanol–water partition coefficient (Wildman–Crippen LogP) is 4.16. The lowest BCUT2D eigenvalue weighted by molar-refractivity contribution is 0.274. The number of nitrogens with two attached hydrogens (primary N) is 1. The second kappa shape index (κ2) is 5.13. The van der Waals surface area contributed by atoms with E-state index in [0.29, 0.717) is 17.3 Å². The van der Waals surface area contributed by atoms with Crippen LogP contribution in [0.1, 0.15) is 27.7 Å². The molecule has 0 radical (unpaired) electrons. The van der Waals surface area contributed by atoms with Gasteiger partial charge < -0.3 is 11.1 Å². The van der Waals surface area contributed by atoms with Gasteiger partial charge in [-0.05, 0) is 17.4 Å². The summed E-state index contributed by atoms with van der Waals surface area (Å²) in [6.45, 7) is 9.41. The molecule has 3 N–H and O–H groups in total. The molecule has 4 heteroatoms. The molecule has 17 heavy (non-hydrogen) atoms. The van der Waals surface area contributed by atoms with Crippen molar-refractivity contribution >= 4 is 23.0 Å². The van der Waals surface area contributed by atoms with Crippen LogP contribution < -0.4 is 11.1 Å². The lowest BCUT2D eigenvalue weighted by Crippen LogP contribution is -2.25. The van der Waals surface area contributed by atoms with Crippen molar-refractivity contribution in [3.8, 4) is 0 Å². The van der Waals surface area contributed by atoms with Crippen LogP contribution in [0.4, 0.5) is 15.8 Å². The van der Waals surface area contributed by atoms with Gasteiger partial charge in [-0.1, -0.05) is 39.3 Å². The zero-order chi connectivity index (χ0) is 13.2. The van der Waals surface area contributed by atoms with Crippen LogP contribution >= 0.6 is 11.6 Å². The maximum atomic E-state index is 13.3. The largest absolute Gasteiger partial charge is 0.397 e. The average Bonchev–Trinajstić information content (AvgIpc) is 2.19. The summed E-state index contributed by atoms with van der Waals surface area (Å²) in [4.78, 5) is 0. The summed E-state index contributed by atoms with van der Waals surface area (Å²) in [7, 11) is 0. The number of rotatable bonds is 3. The van der Waals surface area contributed by atoms with E-state index in [9.17, 15) is 4.39 Å². The number of anilines is 2. The van der Waals surface area contributed by atoms with E-state index >= 15 is 0 Å². The van der Waals surface area contributed by atoms with Gasteiger partial charge in [0.2, 0.25) is 0 Å². The third-order valence-electron chi connectivity index (χ3n) is 3.17. The van der Waals surface area contributed by atoms with Gasteiger partial charge >= 0.3 is 0 Å². The van der Waals surface area contributed by atoms with E-state index in [1.54, 1.807) is 0 Å². The number of benzene rings is 1. The molecular formula is C13H20ClFN2. The molecule has 1 aromatic rings. The van der Waals surface area contributed by atoms with Crippen molar-refractivity contribution in [2.75, 3.05) is 17.6 Å². The van der Waals surface area contributed by atoms with Crippen molar-refractivity contribution in [2.45, 2.75) is 27.7 Å². The highest BCUT2D eigenvalue weighted by molar-refractivity contribution is 6.31. The van der Waals surface area contributed by atoms with Gasteiger partial charge in [0.25, 0.3) is 0 Å². The van der Waals surface area contributed by atoms with E-state index in [-0.39, 0.29) is 10.4 Å². The standard InChI is InChI=1S/C13H20ClFN2/c1-8(13(2,3)4)7-17-12-6-10(15)9(14)5-11(12)16/h5-6,8,17H,7,16H2,1-4H3. The molecule has 0 aliphatic carbocycles. The second-order valence-electron chi connectivity index (χ2n) is 5.50. The fourth-order valence-electron chi connectivity index (χ4n) is 1.28. The Balaban J connectivity index is 2.73. The Hall–Kier alpha value is -0.960. The van der Waals surface area contributed by atoms with Crippen LogP contribution in [0.5, 0.6) is 0 Å². The molecule has 1 unspecified atom stereocenters. The smallest absolute Gasteiger partial charge is 0.143 e. The first-order valence-corrected chi connectivity index (χ1v) is 6.08. The van der Waals surface area contributed by atoms with Crippen molar-refractivity contribution < 1.29 is 4.39 Å². The zero-order valence-electron chi connectivity index (χ0n) is 10.8. The molecule has 0 heterocycles. The van der Waals surface area contributed by atoms with Crippen LogP contribution in [0.25, 0.3) is 0 Å². The number of hydrogen-bond donors (Lipinski definition) is 2. The first-order valence-electron chi connectivity index (χ1n) is 5.70. The number of hydrogen-bond acceptors (Lipinski definition) is 2. The summed E-state index contributed by atoms with van der Waals surface area (Å²) >= 11 is 5.64. The van der Waals surface area contributed by atoms with E-state index in [1.807, 2.05) is 0 Å². The topological polar surface area (TPSA) is 38.0 Å². The highest BCUT2D eigenvalue weighted by Gasteiger charge is 2.19. The van der Waals surface area contributed by atoms with Gasteiger partial charge in [0, 0.05) is 12.6 Å². The summed E-state index contributed by atoms with van der Waals surface area (Å²) in [5, 5.41) is 3.22. The maximum Gasteiger partial charge on any atom is 0.143 e. The third-order valence-corrected chi connectivity index (χ3v) is 3.46. The van der Waals surface area contributed by atoms with Crippen LogP contribution in [0.15, 0.2) is 12.1 Å². The molecule has 0 saturated heterocycles. The highest BCUT2D eigenvalue weighted by atomic mass is 35.5. The highest BCUT2D eigenvalue weighted by Crippen LogP contribution is 2.29. The van der Waals surface area contributed by atoms with Gasteiger partial charge in [0.1, 0.15) is 5.82 Å². The van der Waals surface area contributed by atoms with Crippen molar-refractivity contribution in [1.29, 1.82) is 0 Å². The van der Waals surface area contributed by atoms with Crippen molar-refractivity contribution in [3.05, 3.63) is 23.0 Å². The molecular weight excluding hydrogens is 239 g/mol. The Kier molecular flexibility index (Phi) is 4.26. The Labute approximate surface area is 107 Å². The van der Waals surface area contributed by atoms with Crippen molar-refractivity contribution in [3.63, 3.8) is 0 Å². The van der Waals surface area contributed by atoms with E-state index in [4.69, 9.17) is 17.3 Å². The van der Waals surface area contributed by atoms with Crippen LogP contribution in [0.2, 0.25) is 5.02 Å². The molecule has 0 spiro atoms. The quantitative estimate of drug-likeness (QED) is 0.799. The molecule has 0 bridgehead atoms. The minimum atomic E-state index is -0.452. The van der Waals surface area contributed by atoms with Gasteiger partial charge in [0.15, 0.2) is 0 Å². The predicted molar refractivity (Wildman–Crippen MR) is 72.9 cm³/mol. The number of halogens is 2. The van der Waals surface area contributed by atoms with E-state index in [2.05, 4.69) is 33.0 Å². The van der Waals surface area contributed by atoms with Crippen molar-refractivity contribution in [1.82, 2.24) is 0 Å². The molecule has 2 nitrogen and oxygen atoms in total. The monoisotopic (exact) mass is 258 g/mol. The van der Waals surface area contributed by atoms with Gasteiger partial charge in [-0.25, -0.2) is 4.39 Å². The summed E-state index contributed by atoms with van der Waals surface area (Å²) < 4.78 is 13.3. The fourth-order valence-corrected chi connectivity index (χ4v) is 1.46. The molecule has 1 rings (SSSR count). The summed E-state index contributed by atoms with van der Waals surface area (Å²) in [6, 6.07) is 2.77. The van der Waals surface area contributed by atoms with Gasteiger partial charge in [-0.3, -0.25) is 0 Å². The van der Waals surface area contributed by atoms with Crippen LogP contribution in [0, 0.1) is 17.2 Å². The average molecular weight is 259 g/mol. The zero-order valence-corrected chi connectivity index (χ0v) is 11.5. The van der Waals surface area contributed by atoms with E-state index in [1.165, 1.54) is 12.1 Å². The molecule has 1 atom stereocenters. The Morgan fingerprint density at radius 3 is 2.53 bits per heavy atom. The molecule has 0 aromatic heterocycles. The number of nitrogens with one attached hydrogen (secondary N) is 1. The Morgan fingerprint density at radius 2 is 2.00 bits per heavy atom. The summed E-state index contributed by atoms with van der Waals surface area (Å²) in [5.74, 6) is -0.00702. The lowest BCUT2D eigenvalue weighted by atomic mass is 9.82. The molecule has 0 saturated carbocycles. The normalized spacial score (nSPS) is 13.5. The molecule has 0 aliphatic heterocycles. The second-order valence-corrected chi connectivity index (χ2v) is 5.91. The molecule has 0 fully saturated rings. The van der Waals surface area contributed by atoms with Crippen molar-refractivity contribution in [2.24, 2.45) is 11.3 Å². The fraction of sp³-hybridized carbons (Fsp3) is 0.538. The maximum absolute atomic E-state index is 13.3. The Morgan fingerprint density at radius 1 is 1.41 bits per heavy atom. The SMILES string of the molecule is CC(CNc1cc(F)c(Cl)cc1N)C(C)(C)C. The molecule has 96 valence electrons. The van der Waals surface area contributed by atoms with Crippen LogP contribution in [-0.2, 0) is 0 Å². The molecule has 1 aromatic carbocycles. The van der Waals surface area contributed by atoms with Crippen LogP contribution in [-0.4, -0.2) is 6.54 Å². The minimum absolute atomic E-state index is 0.0527. The first-order chi connectivity index (χ1) is 7.71. The van der Waals surface area contributed by atoms with E-state index < -0.39 is 5.82 Å². The first kappa shape index (κ1) is 14.1. The molecule has 0 amide bonds. The third kappa shape index (κ3) is 3.77. The summed E-state index contributed by atoms with van der Waals surface area (Å²) in [5.41, 5.74) is 7.04. The van der Waals surface area contributed by atoms with Gasteiger partial charge in [-0.2, -0.15) is 0 Å². The lowest BCUT2D eigenvalue weighted by Gasteiger charge is -2.28. The van der Waals surface area contributed by atoms with Gasteiger partial charge in [-0.15, -0.1) is 0 Å². The van der Waals surface area contributed by atoms with Crippen LogP contribution in [0.3, 0.4) is 0 Å². The Bertz CT molecular complexity index is 399. The van der Waals surface area contributed by atoms with E-state index in [0.717, 1.165) is 6.54 Å². The van der Waals surface area contributed by atoms with Gasteiger partial charge in [0.05, 0.1) is 16.4 Å². The molecule has 0 aliphatic rings. The minimum Gasteiger partial charge on any atom is -0.397 e. The summed E-state index contributed by atoms with van der Waals surface area (Å²) in [6.07, 6.45) is 0.